The van der Waals surface area contributed by atoms with Gasteiger partial charge in [0.2, 0.25) is 0 Å². The summed E-state index contributed by atoms with van der Waals surface area (Å²) in [6.45, 7) is 0.586. The molecule has 1 N–H and O–H groups in total. The van der Waals surface area contributed by atoms with Crippen LogP contribution in [0.3, 0.4) is 0 Å². The lowest BCUT2D eigenvalue weighted by Gasteiger charge is -2.08. The molecule has 2 aromatic rings. The molecule has 1 aromatic heterocycles. The van der Waals surface area contributed by atoms with Gasteiger partial charge in [-0.15, -0.1) is 11.3 Å². The minimum atomic E-state index is 0.0543. The van der Waals surface area contributed by atoms with Gasteiger partial charge in [0, 0.05) is 16.8 Å². The minimum Gasteiger partial charge on any atom is -0.347 e. The Hall–Kier alpha value is -1.13. The summed E-state index contributed by atoms with van der Waals surface area (Å²) in [7, 11) is 0. The highest BCUT2D eigenvalue weighted by molar-refractivity contribution is 9.08. The molecule has 0 bridgehead atoms. The Balaban J connectivity index is 1.64. The van der Waals surface area contributed by atoms with Crippen molar-refractivity contribution in [2.24, 2.45) is 0 Å². The number of hydrogen-bond donors (Lipinski definition) is 1. The topological polar surface area (TPSA) is 29.1 Å². The Labute approximate surface area is 137 Å². The highest BCUT2D eigenvalue weighted by Crippen LogP contribution is 2.29. The first kappa shape index (κ1) is 14.8. The molecule has 1 heterocycles. The molecule has 110 valence electrons. The molecular weight excluding hydrogens is 346 g/mol. The summed E-state index contributed by atoms with van der Waals surface area (Å²) in [4.78, 5) is 14.5. The van der Waals surface area contributed by atoms with Gasteiger partial charge in [-0.05, 0) is 48.4 Å². The van der Waals surface area contributed by atoms with Crippen molar-refractivity contribution in [3.63, 3.8) is 0 Å². The third-order valence-electron chi connectivity index (χ3n) is 3.82. The van der Waals surface area contributed by atoms with Crippen molar-refractivity contribution in [3.8, 4) is 0 Å². The Morgan fingerprint density at radius 1 is 1.19 bits per heavy atom. The second kappa shape index (κ2) is 6.75. The predicted molar refractivity (Wildman–Crippen MR) is 91.2 cm³/mol. The summed E-state index contributed by atoms with van der Waals surface area (Å²) < 4.78 is 0. The van der Waals surface area contributed by atoms with E-state index >= 15 is 0 Å². The molecule has 0 aliphatic heterocycles. The van der Waals surface area contributed by atoms with Crippen molar-refractivity contribution in [3.05, 3.63) is 56.8 Å². The number of aryl methyl sites for hydroxylation is 2. The molecule has 0 saturated carbocycles. The molecule has 1 amide bonds. The van der Waals surface area contributed by atoms with E-state index in [0.29, 0.717) is 6.54 Å². The average Bonchev–Trinajstić information content (AvgIpc) is 2.97. The van der Waals surface area contributed by atoms with Crippen LogP contribution in [-0.4, -0.2) is 5.91 Å². The SMILES string of the molecule is O=C(NCc1cccc(CBr)c1)c1cc2c(s1)CCCC2. The van der Waals surface area contributed by atoms with Crippen LogP contribution in [0.2, 0.25) is 0 Å². The van der Waals surface area contributed by atoms with Gasteiger partial charge >= 0.3 is 0 Å². The van der Waals surface area contributed by atoms with Crippen molar-refractivity contribution in [2.45, 2.75) is 37.6 Å². The largest absolute Gasteiger partial charge is 0.347 e. The van der Waals surface area contributed by atoms with E-state index in [2.05, 4.69) is 39.4 Å². The van der Waals surface area contributed by atoms with Gasteiger partial charge in [-0.25, -0.2) is 0 Å². The number of amides is 1. The van der Waals surface area contributed by atoms with E-state index in [4.69, 9.17) is 0 Å². The molecule has 0 radical (unpaired) electrons. The van der Waals surface area contributed by atoms with Crippen molar-refractivity contribution >= 4 is 33.2 Å². The van der Waals surface area contributed by atoms with Gasteiger partial charge in [0.25, 0.3) is 5.91 Å². The molecule has 0 saturated heterocycles. The monoisotopic (exact) mass is 363 g/mol. The zero-order valence-electron chi connectivity index (χ0n) is 11.8. The fourth-order valence-corrected chi connectivity index (χ4v) is 4.21. The number of nitrogens with one attached hydrogen (secondary N) is 1. The van der Waals surface area contributed by atoms with E-state index in [0.717, 1.165) is 28.6 Å². The molecule has 0 fully saturated rings. The number of carbonyl (C=O) groups is 1. The van der Waals surface area contributed by atoms with Crippen LogP contribution in [0.4, 0.5) is 0 Å². The quantitative estimate of drug-likeness (QED) is 0.798. The number of rotatable bonds is 4. The van der Waals surface area contributed by atoms with Crippen LogP contribution in [0, 0.1) is 0 Å². The van der Waals surface area contributed by atoms with Gasteiger partial charge in [-0.2, -0.15) is 0 Å². The van der Waals surface area contributed by atoms with Crippen molar-refractivity contribution < 1.29 is 4.79 Å². The Bertz CT molecular complexity index is 626. The number of hydrogen-bond acceptors (Lipinski definition) is 2. The Morgan fingerprint density at radius 2 is 2.00 bits per heavy atom. The maximum Gasteiger partial charge on any atom is 0.261 e. The van der Waals surface area contributed by atoms with Crippen LogP contribution in [0.25, 0.3) is 0 Å². The first-order valence-corrected chi connectivity index (χ1v) is 9.23. The number of thiophene rings is 1. The summed E-state index contributed by atoms with van der Waals surface area (Å²) in [5, 5.41) is 3.87. The highest BCUT2D eigenvalue weighted by atomic mass is 79.9. The Morgan fingerprint density at radius 3 is 2.81 bits per heavy atom. The number of alkyl halides is 1. The lowest BCUT2D eigenvalue weighted by Crippen LogP contribution is -2.21. The highest BCUT2D eigenvalue weighted by Gasteiger charge is 2.16. The smallest absolute Gasteiger partial charge is 0.261 e. The van der Waals surface area contributed by atoms with E-state index in [1.54, 1.807) is 11.3 Å². The zero-order valence-corrected chi connectivity index (χ0v) is 14.2. The zero-order chi connectivity index (χ0) is 14.7. The molecule has 4 heteroatoms. The molecule has 21 heavy (non-hydrogen) atoms. The first-order chi connectivity index (χ1) is 10.3. The fourth-order valence-electron chi connectivity index (χ4n) is 2.69. The molecular formula is C17H18BrNOS. The van der Waals surface area contributed by atoms with E-state index in [9.17, 15) is 4.79 Å². The van der Waals surface area contributed by atoms with Gasteiger partial charge in [0.15, 0.2) is 0 Å². The number of carbonyl (C=O) groups excluding carboxylic acids is 1. The van der Waals surface area contributed by atoms with Crippen LogP contribution in [0.1, 0.15) is 44.1 Å². The lowest BCUT2D eigenvalue weighted by atomic mass is 9.99. The standard InChI is InChI=1S/C17H18BrNOS/c18-10-12-4-3-5-13(8-12)11-19-17(20)16-9-14-6-1-2-7-15(14)21-16/h3-5,8-9H,1-2,6-7,10-11H2,(H,19,20). The van der Waals surface area contributed by atoms with E-state index < -0.39 is 0 Å². The second-order valence-corrected chi connectivity index (χ2v) is 7.10. The summed E-state index contributed by atoms with van der Waals surface area (Å²) in [6, 6.07) is 10.4. The minimum absolute atomic E-state index is 0.0543. The Kier molecular flexibility index (Phi) is 4.76. The van der Waals surface area contributed by atoms with Gasteiger partial charge in [-0.3, -0.25) is 4.79 Å². The van der Waals surface area contributed by atoms with Crippen LogP contribution < -0.4 is 5.32 Å². The summed E-state index contributed by atoms with van der Waals surface area (Å²) in [6.07, 6.45) is 4.78. The molecule has 0 unspecified atom stereocenters. The molecule has 0 atom stereocenters. The number of halogens is 1. The van der Waals surface area contributed by atoms with Crippen molar-refractivity contribution in [1.29, 1.82) is 0 Å². The van der Waals surface area contributed by atoms with Crippen LogP contribution in [0.5, 0.6) is 0 Å². The summed E-state index contributed by atoms with van der Waals surface area (Å²) in [5.74, 6) is 0.0543. The lowest BCUT2D eigenvalue weighted by molar-refractivity contribution is 0.0955. The third kappa shape index (κ3) is 3.55. The maximum atomic E-state index is 12.3. The van der Waals surface area contributed by atoms with Gasteiger partial charge in [0.05, 0.1) is 4.88 Å². The van der Waals surface area contributed by atoms with Gasteiger partial charge in [-0.1, -0.05) is 40.2 Å². The average molecular weight is 364 g/mol. The van der Waals surface area contributed by atoms with Gasteiger partial charge in [0.1, 0.15) is 0 Å². The van der Waals surface area contributed by atoms with Crippen molar-refractivity contribution in [2.75, 3.05) is 0 Å². The van der Waals surface area contributed by atoms with E-state index in [1.165, 1.54) is 28.8 Å². The normalized spacial score (nSPS) is 13.8. The first-order valence-electron chi connectivity index (χ1n) is 7.30. The summed E-state index contributed by atoms with van der Waals surface area (Å²) >= 11 is 5.12. The van der Waals surface area contributed by atoms with Crippen LogP contribution in [-0.2, 0) is 24.7 Å². The fraction of sp³-hybridized carbons (Fsp3) is 0.353. The van der Waals surface area contributed by atoms with Gasteiger partial charge < -0.3 is 5.32 Å². The molecule has 0 spiro atoms. The molecule has 1 aliphatic rings. The second-order valence-electron chi connectivity index (χ2n) is 5.40. The van der Waals surface area contributed by atoms with E-state index in [1.807, 2.05) is 12.1 Å². The number of fused-ring (bicyclic) bond motifs is 1. The molecule has 2 nitrogen and oxygen atoms in total. The van der Waals surface area contributed by atoms with E-state index in [-0.39, 0.29) is 5.91 Å². The predicted octanol–water partition coefficient (Wildman–Crippen LogP) is 4.45. The van der Waals surface area contributed by atoms with Crippen molar-refractivity contribution in [1.82, 2.24) is 5.32 Å². The number of benzene rings is 1. The summed E-state index contributed by atoms with van der Waals surface area (Å²) in [5.41, 5.74) is 3.76. The third-order valence-corrected chi connectivity index (χ3v) is 5.70. The van der Waals surface area contributed by atoms with Crippen LogP contribution >= 0.6 is 27.3 Å². The maximum absolute atomic E-state index is 12.3. The molecule has 3 rings (SSSR count). The molecule has 1 aliphatic carbocycles. The van der Waals surface area contributed by atoms with Crippen LogP contribution in [0.15, 0.2) is 30.3 Å². The molecule has 1 aromatic carbocycles.